The Balaban J connectivity index is 2.49. The molecular formula is C44H75O13P. The van der Waals surface area contributed by atoms with E-state index in [9.17, 15) is 39.2 Å². The number of aliphatic hydroxyl groups is 4. The number of phosphoric ester groups is 1. The molecule has 334 valence electrons. The number of allylic oxidation sites excluding steroid dienone is 6. The van der Waals surface area contributed by atoms with Gasteiger partial charge in [0.05, 0.1) is 32.0 Å². The maximum absolute atomic E-state index is 12.7. The minimum Gasteiger partial charge on any atom is -0.462 e. The Labute approximate surface area is 347 Å². The van der Waals surface area contributed by atoms with E-state index in [4.69, 9.17) is 19.1 Å². The second-order valence-corrected chi connectivity index (χ2v) is 16.6. The lowest BCUT2D eigenvalue weighted by molar-refractivity contribution is -0.161. The number of hydrogen-bond acceptors (Lipinski definition) is 12. The summed E-state index contributed by atoms with van der Waals surface area (Å²) < 4.78 is 32.6. The lowest BCUT2D eigenvalue weighted by Gasteiger charge is -2.20. The standard InChI is InChI=1S/C44H75O13P/c1-3-5-7-8-9-10-11-12-13-14-15-16-17-18-23-27-43(50)54-34-38(35-56-58(52,53)55-33-37(47)32-45)57-44(51)28-24-20-19-22-26-39-40(42(49)31-41(39)48)30-29-36(46)25-21-6-4-2/h9-10,12-13,15-16,29-30,36-40,42,45-47,49H,3-8,11,14,17-28,31-35H2,1-2H3,(H,52,53)/b10-9-,13-12-,16-15-,30-29+/t36-,37-,38+,39+,40+,42+/m0/s1. The Morgan fingerprint density at radius 2 is 1.36 bits per heavy atom. The summed E-state index contributed by atoms with van der Waals surface area (Å²) in [6.45, 7) is 1.91. The lowest BCUT2D eigenvalue weighted by Crippen LogP contribution is -2.29. The van der Waals surface area contributed by atoms with Gasteiger partial charge in [-0.2, -0.15) is 0 Å². The predicted octanol–water partition coefficient (Wildman–Crippen LogP) is 7.92. The zero-order chi connectivity index (χ0) is 42.9. The largest absolute Gasteiger partial charge is 0.472 e. The first-order valence-electron chi connectivity index (χ1n) is 21.7. The highest BCUT2D eigenvalue weighted by Crippen LogP contribution is 2.43. The van der Waals surface area contributed by atoms with Crippen molar-refractivity contribution in [2.24, 2.45) is 11.8 Å². The SMILES string of the molecule is CCCCC/C=C\C/C=C\C/C=C\CCCCC(=O)OC[C@H](COP(=O)(O)OC[C@@H](O)CO)OC(=O)CCCCCC[C@H]1C(=O)C[C@@H](O)[C@@H]1/C=C/[C@@H](O)CCCCC. The van der Waals surface area contributed by atoms with Crippen LogP contribution in [-0.2, 0) is 37.5 Å². The van der Waals surface area contributed by atoms with Gasteiger partial charge in [-0.05, 0) is 64.2 Å². The number of unbranched alkanes of at least 4 members (excludes halogenated alkanes) is 10. The molecule has 1 unspecified atom stereocenters. The third-order valence-electron chi connectivity index (χ3n) is 9.85. The van der Waals surface area contributed by atoms with Gasteiger partial charge in [0.15, 0.2) is 6.10 Å². The second-order valence-electron chi connectivity index (χ2n) is 15.1. The van der Waals surface area contributed by atoms with Gasteiger partial charge in [-0.3, -0.25) is 23.4 Å². The first kappa shape index (κ1) is 53.5. The summed E-state index contributed by atoms with van der Waals surface area (Å²) in [6, 6.07) is 0. The lowest BCUT2D eigenvalue weighted by atomic mass is 9.88. The minimum absolute atomic E-state index is 0.0192. The van der Waals surface area contributed by atoms with Gasteiger partial charge in [-0.25, -0.2) is 4.57 Å². The summed E-state index contributed by atoms with van der Waals surface area (Å²) in [4.78, 5) is 47.7. The molecule has 14 heteroatoms. The van der Waals surface area contributed by atoms with Crippen LogP contribution in [0.3, 0.4) is 0 Å². The monoisotopic (exact) mass is 842 g/mol. The van der Waals surface area contributed by atoms with Crippen molar-refractivity contribution in [3.05, 3.63) is 48.6 Å². The molecule has 1 aliphatic carbocycles. The van der Waals surface area contributed by atoms with Gasteiger partial charge >= 0.3 is 19.8 Å². The average Bonchev–Trinajstić information content (AvgIpc) is 3.47. The van der Waals surface area contributed by atoms with Crippen LogP contribution in [0.2, 0.25) is 0 Å². The number of phosphoric acid groups is 1. The van der Waals surface area contributed by atoms with Crippen LogP contribution in [0.15, 0.2) is 48.6 Å². The molecule has 13 nitrogen and oxygen atoms in total. The van der Waals surface area contributed by atoms with Gasteiger partial charge in [-0.1, -0.05) is 114 Å². The van der Waals surface area contributed by atoms with E-state index in [2.05, 4.69) is 54.8 Å². The summed E-state index contributed by atoms with van der Waals surface area (Å²) in [5.41, 5.74) is 0. The number of esters is 2. The average molecular weight is 843 g/mol. The van der Waals surface area contributed by atoms with Crippen LogP contribution in [0.4, 0.5) is 0 Å². The molecule has 0 spiro atoms. The van der Waals surface area contributed by atoms with Crippen molar-refractivity contribution >= 4 is 25.5 Å². The fraction of sp³-hybridized carbons (Fsp3) is 0.750. The van der Waals surface area contributed by atoms with Crippen LogP contribution in [0.1, 0.15) is 149 Å². The molecular weight excluding hydrogens is 767 g/mol. The minimum atomic E-state index is -4.69. The number of carbonyl (C=O) groups is 3. The fourth-order valence-corrected chi connectivity index (χ4v) is 7.21. The Morgan fingerprint density at radius 3 is 2.03 bits per heavy atom. The van der Waals surface area contributed by atoms with E-state index in [0.29, 0.717) is 32.1 Å². The molecule has 7 atom stereocenters. The predicted molar refractivity (Wildman–Crippen MR) is 225 cm³/mol. The third-order valence-corrected chi connectivity index (χ3v) is 10.8. The normalized spacial score (nSPS) is 20.1. The maximum atomic E-state index is 12.7. The van der Waals surface area contributed by atoms with E-state index in [0.717, 1.165) is 64.2 Å². The van der Waals surface area contributed by atoms with Crippen molar-refractivity contribution in [1.29, 1.82) is 0 Å². The number of aliphatic hydroxyl groups excluding tert-OH is 4. The Hall–Kier alpha value is -2.48. The van der Waals surface area contributed by atoms with Crippen molar-refractivity contribution in [3.63, 3.8) is 0 Å². The number of ketones is 1. The fourth-order valence-electron chi connectivity index (χ4n) is 6.42. The van der Waals surface area contributed by atoms with Crippen molar-refractivity contribution < 1.29 is 62.8 Å². The van der Waals surface area contributed by atoms with E-state index >= 15 is 0 Å². The quantitative estimate of drug-likeness (QED) is 0.0176. The highest BCUT2D eigenvalue weighted by Gasteiger charge is 2.39. The molecule has 0 saturated heterocycles. The van der Waals surface area contributed by atoms with E-state index in [1.165, 1.54) is 19.3 Å². The van der Waals surface area contributed by atoms with Crippen LogP contribution in [0.5, 0.6) is 0 Å². The van der Waals surface area contributed by atoms with E-state index in [-0.39, 0.29) is 36.9 Å². The van der Waals surface area contributed by atoms with E-state index in [1.807, 2.05) is 0 Å². The molecule has 0 aromatic carbocycles. The summed E-state index contributed by atoms with van der Waals surface area (Å²) in [5.74, 6) is -1.75. The van der Waals surface area contributed by atoms with Crippen molar-refractivity contribution in [2.75, 3.05) is 26.4 Å². The van der Waals surface area contributed by atoms with Gasteiger partial charge in [0.1, 0.15) is 18.5 Å². The first-order chi connectivity index (χ1) is 27.9. The van der Waals surface area contributed by atoms with E-state index in [1.54, 1.807) is 12.2 Å². The number of rotatable bonds is 36. The third kappa shape index (κ3) is 28.1. The molecule has 1 fully saturated rings. The zero-order valence-corrected chi connectivity index (χ0v) is 36.1. The number of Topliss-reactive ketones (excluding diaryl/α,β-unsaturated/α-hetero) is 1. The van der Waals surface area contributed by atoms with Gasteiger partial charge in [0, 0.05) is 31.1 Å². The Kier molecular flexibility index (Phi) is 31.6. The second kappa shape index (κ2) is 34.3. The molecule has 0 aromatic heterocycles. The van der Waals surface area contributed by atoms with Gasteiger partial charge < -0.3 is 34.8 Å². The highest BCUT2D eigenvalue weighted by molar-refractivity contribution is 7.47. The molecule has 0 bridgehead atoms. The van der Waals surface area contributed by atoms with Crippen LogP contribution in [0, 0.1) is 11.8 Å². The van der Waals surface area contributed by atoms with Crippen molar-refractivity contribution in [2.45, 2.75) is 173 Å². The number of carbonyl (C=O) groups excluding carboxylic acids is 3. The summed E-state index contributed by atoms with van der Waals surface area (Å²) >= 11 is 0. The topological polar surface area (TPSA) is 206 Å². The van der Waals surface area contributed by atoms with Crippen molar-refractivity contribution in [1.82, 2.24) is 0 Å². The molecule has 0 heterocycles. The summed E-state index contributed by atoms with van der Waals surface area (Å²) in [6.07, 6.45) is 28.4. The highest BCUT2D eigenvalue weighted by atomic mass is 31.2. The van der Waals surface area contributed by atoms with Crippen LogP contribution < -0.4 is 0 Å². The molecule has 5 N–H and O–H groups in total. The molecule has 1 rings (SSSR count). The smallest absolute Gasteiger partial charge is 0.462 e. The maximum Gasteiger partial charge on any atom is 0.472 e. The van der Waals surface area contributed by atoms with Crippen LogP contribution >= 0.6 is 7.82 Å². The Bertz CT molecular complexity index is 1270. The summed E-state index contributed by atoms with van der Waals surface area (Å²) in [5, 5.41) is 39.1. The molecule has 58 heavy (non-hydrogen) atoms. The molecule has 0 aromatic rings. The summed E-state index contributed by atoms with van der Waals surface area (Å²) in [7, 11) is -4.69. The van der Waals surface area contributed by atoms with Gasteiger partial charge in [-0.15, -0.1) is 0 Å². The van der Waals surface area contributed by atoms with Gasteiger partial charge in [0.25, 0.3) is 0 Å². The van der Waals surface area contributed by atoms with E-state index < -0.39 is 70.6 Å². The molecule has 0 radical (unpaired) electrons. The molecule has 0 amide bonds. The zero-order valence-electron chi connectivity index (χ0n) is 35.2. The van der Waals surface area contributed by atoms with Crippen LogP contribution in [-0.4, -0.2) is 93.9 Å². The number of ether oxygens (including phenoxy) is 2. The van der Waals surface area contributed by atoms with Crippen LogP contribution in [0.25, 0.3) is 0 Å². The van der Waals surface area contributed by atoms with Gasteiger partial charge in [0.2, 0.25) is 0 Å². The molecule has 1 saturated carbocycles. The Morgan fingerprint density at radius 1 is 0.776 bits per heavy atom. The number of hydrogen-bond donors (Lipinski definition) is 5. The molecule has 0 aliphatic heterocycles. The first-order valence-corrected chi connectivity index (χ1v) is 23.2. The molecule has 1 aliphatic rings. The van der Waals surface area contributed by atoms with Crippen molar-refractivity contribution in [3.8, 4) is 0 Å².